The zero-order valence-corrected chi connectivity index (χ0v) is 5.98. The van der Waals surface area contributed by atoms with Crippen molar-refractivity contribution in [3.05, 3.63) is 0 Å². The van der Waals surface area contributed by atoms with Crippen molar-refractivity contribution in [1.29, 1.82) is 0 Å². The first kappa shape index (κ1) is 6.87. The van der Waals surface area contributed by atoms with Crippen LogP contribution in [0, 0.1) is 5.41 Å². The third-order valence-corrected chi connectivity index (χ3v) is 2.39. The predicted molar refractivity (Wildman–Crippen MR) is 34.6 cm³/mol. The first-order valence-electron chi connectivity index (χ1n) is 2.97. The molecule has 1 atom stereocenters. The van der Waals surface area contributed by atoms with Gasteiger partial charge in [-0.15, -0.1) is 11.6 Å². The lowest BCUT2D eigenvalue weighted by Crippen LogP contribution is -2.23. The molecule has 1 unspecified atom stereocenters. The van der Waals surface area contributed by atoms with Crippen LogP contribution in [0.4, 0.5) is 0 Å². The number of carboxylic acids is 1. The van der Waals surface area contributed by atoms with E-state index < -0.39 is 11.4 Å². The molecule has 1 N–H and O–H groups in total. The summed E-state index contributed by atoms with van der Waals surface area (Å²) in [5.74, 6) is -0.745. The lowest BCUT2D eigenvalue weighted by Gasteiger charge is -2.10. The molecule has 1 fully saturated rings. The van der Waals surface area contributed by atoms with Gasteiger partial charge < -0.3 is 5.11 Å². The summed E-state index contributed by atoms with van der Waals surface area (Å²) in [6, 6.07) is 0. The first-order chi connectivity index (χ1) is 4.09. The maximum absolute atomic E-state index is 10.4. The Hall–Kier alpha value is -0.240. The molecule has 0 heterocycles. The van der Waals surface area contributed by atoms with Crippen molar-refractivity contribution < 1.29 is 9.90 Å². The molecular weight excluding hydrogens is 140 g/mol. The van der Waals surface area contributed by atoms with Crippen LogP contribution in [0.1, 0.15) is 19.8 Å². The van der Waals surface area contributed by atoms with Crippen LogP contribution >= 0.6 is 11.6 Å². The van der Waals surface area contributed by atoms with Gasteiger partial charge in [-0.2, -0.15) is 0 Å². The smallest absolute Gasteiger partial charge is 0.311 e. The molecule has 1 rings (SSSR count). The van der Waals surface area contributed by atoms with Crippen LogP contribution in [0.2, 0.25) is 0 Å². The molecule has 0 aliphatic heterocycles. The molecule has 1 saturated carbocycles. The molecule has 0 spiro atoms. The molecule has 0 amide bonds. The van der Waals surface area contributed by atoms with Crippen LogP contribution in [-0.2, 0) is 4.79 Å². The van der Waals surface area contributed by atoms with E-state index in [9.17, 15) is 4.79 Å². The number of hydrogen-bond donors (Lipinski definition) is 1. The molecule has 3 heteroatoms. The number of carbonyl (C=O) groups is 1. The summed E-state index contributed by atoms with van der Waals surface area (Å²) in [4.78, 5) is 10.4. The topological polar surface area (TPSA) is 37.3 Å². The Morgan fingerprint density at radius 1 is 1.78 bits per heavy atom. The van der Waals surface area contributed by atoms with Gasteiger partial charge in [-0.3, -0.25) is 4.79 Å². The quantitative estimate of drug-likeness (QED) is 0.603. The zero-order valence-electron chi connectivity index (χ0n) is 5.22. The van der Waals surface area contributed by atoms with Gasteiger partial charge in [-0.1, -0.05) is 0 Å². The Balaban J connectivity index is 2.63. The molecule has 0 aromatic heterocycles. The summed E-state index contributed by atoms with van der Waals surface area (Å²) in [6.45, 7) is 1.74. The van der Waals surface area contributed by atoms with Gasteiger partial charge in [-0.25, -0.2) is 0 Å². The molecule has 52 valence electrons. The van der Waals surface area contributed by atoms with E-state index in [0.29, 0.717) is 0 Å². The fraction of sp³-hybridized carbons (Fsp3) is 0.833. The summed E-state index contributed by atoms with van der Waals surface area (Å²) < 4.78 is 0. The van der Waals surface area contributed by atoms with Gasteiger partial charge in [0.25, 0.3) is 0 Å². The third kappa shape index (κ3) is 0.917. The highest BCUT2D eigenvalue weighted by molar-refractivity contribution is 6.22. The Bertz CT molecular complexity index is 138. The summed E-state index contributed by atoms with van der Waals surface area (Å²) >= 11 is 5.65. The van der Waals surface area contributed by atoms with Crippen LogP contribution in [0.25, 0.3) is 0 Å². The zero-order chi connectivity index (χ0) is 7.07. The van der Waals surface area contributed by atoms with Crippen molar-refractivity contribution in [3.8, 4) is 0 Å². The number of alkyl halides is 1. The van der Waals surface area contributed by atoms with Gasteiger partial charge in [0.15, 0.2) is 0 Å². The number of halogens is 1. The fourth-order valence-electron chi connectivity index (χ4n) is 0.916. The molecule has 0 aromatic rings. The SMILES string of the molecule is CC(Cl)C1(C(=O)O)CC1. The van der Waals surface area contributed by atoms with E-state index in [-0.39, 0.29) is 5.38 Å². The fourth-order valence-corrected chi connectivity index (χ4v) is 1.23. The maximum Gasteiger partial charge on any atom is 0.311 e. The minimum atomic E-state index is -0.745. The van der Waals surface area contributed by atoms with E-state index in [1.807, 2.05) is 0 Å². The van der Waals surface area contributed by atoms with Crippen molar-refractivity contribution in [1.82, 2.24) is 0 Å². The lowest BCUT2D eigenvalue weighted by molar-refractivity contribution is -0.143. The first-order valence-corrected chi connectivity index (χ1v) is 3.41. The minimum absolute atomic E-state index is 0.227. The Morgan fingerprint density at radius 2 is 2.22 bits per heavy atom. The van der Waals surface area contributed by atoms with E-state index in [4.69, 9.17) is 16.7 Å². The van der Waals surface area contributed by atoms with Gasteiger partial charge >= 0.3 is 5.97 Å². The average Bonchev–Trinajstić information content (AvgIpc) is 2.40. The van der Waals surface area contributed by atoms with Crippen molar-refractivity contribution in [2.24, 2.45) is 5.41 Å². The average molecular weight is 149 g/mol. The highest BCUT2D eigenvalue weighted by Gasteiger charge is 2.53. The predicted octanol–water partition coefficient (Wildman–Crippen LogP) is 1.48. The van der Waals surface area contributed by atoms with Crippen molar-refractivity contribution >= 4 is 17.6 Å². The van der Waals surface area contributed by atoms with Crippen LogP contribution < -0.4 is 0 Å². The molecule has 0 radical (unpaired) electrons. The highest BCUT2D eigenvalue weighted by atomic mass is 35.5. The minimum Gasteiger partial charge on any atom is -0.481 e. The van der Waals surface area contributed by atoms with Crippen molar-refractivity contribution in [3.63, 3.8) is 0 Å². The molecule has 0 saturated heterocycles. The van der Waals surface area contributed by atoms with Crippen LogP contribution in [0.5, 0.6) is 0 Å². The molecule has 0 aromatic carbocycles. The van der Waals surface area contributed by atoms with E-state index in [0.717, 1.165) is 12.8 Å². The maximum atomic E-state index is 10.4. The van der Waals surface area contributed by atoms with Gasteiger partial charge in [0.1, 0.15) is 0 Å². The molecule has 1 aliphatic carbocycles. The summed E-state index contributed by atoms with van der Waals surface area (Å²) in [5, 5.41) is 8.36. The second-order valence-electron chi connectivity index (χ2n) is 2.58. The van der Waals surface area contributed by atoms with Crippen LogP contribution in [0.15, 0.2) is 0 Å². The van der Waals surface area contributed by atoms with Crippen molar-refractivity contribution in [2.75, 3.05) is 0 Å². The lowest BCUT2D eigenvalue weighted by atomic mass is 10.0. The molecule has 1 aliphatic rings. The second kappa shape index (κ2) is 1.87. The Kier molecular flexibility index (Phi) is 1.43. The number of aliphatic carboxylic acids is 1. The summed E-state index contributed by atoms with van der Waals surface area (Å²) in [5.41, 5.74) is -0.568. The van der Waals surface area contributed by atoms with Gasteiger partial charge in [0.2, 0.25) is 0 Å². The van der Waals surface area contributed by atoms with Crippen LogP contribution in [0.3, 0.4) is 0 Å². The van der Waals surface area contributed by atoms with E-state index in [1.54, 1.807) is 6.92 Å². The highest BCUT2D eigenvalue weighted by Crippen LogP contribution is 2.50. The molecule has 9 heavy (non-hydrogen) atoms. The van der Waals surface area contributed by atoms with Crippen molar-refractivity contribution in [2.45, 2.75) is 25.1 Å². The van der Waals surface area contributed by atoms with Gasteiger partial charge in [0.05, 0.1) is 5.41 Å². The molecule has 2 nitrogen and oxygen atoms in total. The Labute approximate surface area is 58.8 Å². The monoisotopic (exact) mass is 148 g/mol. The van der Waals surface area contributed by atoms with E-state index in [1.165, 1.54) is 0 Å². The molecule has 0 bridgehead atoms. The number of carboxylic acid groups (broad SMARTS) is 1. The van der Waals surface area contributed by atoms with Gasteiger partial charge in [-0.05, 0) is 19.8 Å². The van der Waals surface area contributed by atoms with E-state index >= 15 is 0 Å². The number of rotatable bonds is 2. The summed E-state index contributed by atoms with van der Waals surface area (Å²) in [6.07, 6.45) is 1.49. The number of hydrogen-bond acceptors (Lipinski definition) is 1. The normalized spacial score (nSPS) is 25.1. The second-order valence-corrected chi connectivity index (χ2v) is 3.23. The largest absolute Gasteiger partial charge is 0.481 e. The summed E-state index contributed by atoms with van der Waals surface area (Å²) in [7, 11) is 0. The third-order valence-electron chi connectivity index (χ3n) is 1.98. The standard InChI is InChI=1S/C6H9ClO2/c1-4(7)6(2-3-6)5(8)9/h4H,2-3H2,1H3,(H,8,9). The molecular formula is C6H9ClO2. The van der Waals surface area contributed by atoms with Crippen LogP contribution in [-0.4, -0.2) is 16.5 Å². The Morgan fingerprint density at radius 3 is 2.22 bits per heavy atom. The van der Waals surface area contributed by atoms with Gasteiger partial charge in [0, 0.05) is 5.38 Å². The van der Waals surface area contributed by atoms with E-state index in [2.05, 4.69) is 0 Å².